The third-order valence-electron chi connectivity index (χ3n) is 12.6. The van der Waals surface area contributed by atoms with E-state index in [4.69, 9.17) is 18.9 Å². The number of esters is 2. The van der Waals surface area contributed by atoms with Crippen molar-refractivity contribution in [2.75, 3.05) is 47.5 Å². The fourth-order valence-electron chi connectivity index (χ4n) is 8.06. The Balaban J connectivity index is 4.26. The molecule has 0 amide bonds. The quantitative estimate of drug-likeness (QED) is 0.0195. The van der Waals surface area contributed by atoms with Crippen LogP contribution in [0.3, 0.4) is 0 Å². The summed E-state index contributed by atoms with van der Waals surface area (Å²) in [6.07, 6.45) is 69.1. The normalized spacial score (nSPS) is 13.4. The maximum atomic E-state index is 12.9. The van der Waals surface area contributed by atoms with Gasteiger partial charge in [-0.05, 0) is 89.9 Å². The minimum atomic E-state index is -1.63. The van der Waals surface area contributed by atoms with Gasteiger partial charge in [-0.1, -0.05) is 227 Å². The van der Waals surface area contributed by atoms with Crippen molar-refractivity contribution in [1.82, 2.24) is 0 Å². The predicted octanol–water partition coefficient (Wildman–Crippen LogP) is 16.2. The first-order valence-electron chi connectivity index (χ1n) is 29.7. The molecule has 9 heteroatoms. The number of carbonyl (C=O) groups excluding carboxylic acids is 3. The minimum absolute atomic E-state index is 0.143. The molecule has 0 aromatic heterocycles. The van der Waals surface area contributed by atoms with Gasteiger partial charge in [0.2, 0.25) is 0 Å². The molecule has 0 spiro atoms. The minimum Gasteiger partial charge on any atom is -0.545 e. The van der Waals surface area contributed by atoms with Gasteiger partial charge in [0.05, 0.1) is 40.3 Å². The Morgan fingerprint density at radius 2 is 0.781 bits per heavy atom. The van der Waals surface area contributed by atoms with Gasteiger partial charge in [0.1, 0.15) is 13.2 Å². The van der Waals surface area contributed by atoms with Gasteiger partial charge in [-0.3, -0.25) is 9.59 Å². The van der Waals surface area contributed by atoms with Crippen LogP contribution in [0.5, 0.6) is 0 Å². The molecule has 0 fully saturated rings. The molecule has 0 aromatic carbocycles. The van der Waals surface area contributed by atoms with Crippen molar-refractivity contribution in [2.45, 2.75) is 257 Å². The van der Waals surface area contributed by atoms with Crippen molar-refractivity contribution < 1.29 is 42.9 Å². The third-order valence-corrected chi connectivity index (χ3v) is 12.6. The van der Waals surface area contributed by atoms with Gasteiger partial charge in [-0.15, -0.1) is 0 Å². The Labute approximate surface area is 449 Å². The number of quaternary nitrogens is 1. The number of carboxylic acids is 1. The van der Waals surface area contributed by atoms with E-state index in [-0.39, 0.29) is 38.6 Å². The van der Waals surface area contributed by atoms with Gasteiger partial charge < -0.3 is 33.3 Å². The highest BCUT2D eigenvalue weighted by atomic mass is 16.7. The van der Waals surface area contributed by atoms with Crippen molar-refractivity contribution in [2.24, 2.45) is 0 Å². The molecular weight excluding hydrogens is 911 g/mol. The largest absolute Gasteiger partial charge is 0.545 e. The van der Waals surface area contributed by atoms with E-state index in [0.717, 1.165) is 83.5 Å². The second kappa shape index (κ2) is 54.7. The number of nitrogens with zero attached hydrogens (tertiary/aromatic N) is 1. The van der Waals surface area contributed by atoms with Crippen molar-refractivity contribution in [3.05, 3.63) is 85.1 Å². The number of hydrogen-bond acceptors (Lipinski definition) is 8. The van der Waals surface area contributed by atoms with Gasteiger partial charge in [0.25, 0.3) is 0 Å². The lowest BCUT2D eigenvalue weighted by Gasteiger charge is -2.26. The van der Waals surface area contributed by atoms with Gasteiger partial charge in [-0.2, -0.15) is 0 Å². The fourth-order valence-corrected chi connectivity index (χ4v) is 8.06. The van der Waals surface area contributed by atoms with E-state index in [9.17, 15) is 19.5 Å². The van der Waals surface area contributed by atoms with Crippen molar-refractivity contribution in [3.63, 3.8) is 0 Å². The van der Waals surface area contributed by atoms with E-state index in [1.54, 1.807) is 0 Å². The molecular formula is C64H111NO8. The molecule has 0 aliphatic heterocycles. The number of rotatable bonds is 54. The molecule has 0 rings (SSSR count). The third kappa shape index (κ3) is 56.0. The SMILES string of the molecule is CC/C=C\C/C=C\C/C=C\C/C=C\C/C=C\CCCCCCCCCCCC(=O)OC(COC(=O)CCCCCCCCCCCCC/C=C\C/C=C\CCCCCCC)COC(OCC[N+](C)(C)C)C(=O)[O-]. The van der Waals surface area contributed by atoms with Crippen LogP contribution >= 0.6 is 0 Å². The lowest BCUT2D eigenvalue weighted by atomic mass is 10.0. The average molecular weight is 1020 g/mol. The molecule has 0 N–H and O–H groups in total. The second-order valence-electron chi connectivity index (χ2n) is 20.9. The zero-order valence-corrected chi connectivity index (χ0v) is 47.7. The Morgan fingerprint density at radius 1 is 0.425 bits per heavy atom. The van der Waals surface area contributed by atoms with Crippen LogP contribution in [-0.2, 0) is 33.3 Å². The first-order chi connectivity index (χ1) is 35.6. The van der Waals surface area contributed by atoms with Gasteiger partial charge in [0, 0.05) is 12.8 Å². The van der Waals surface area contributed by atoms with Crippen LogP contribution in [0.2, 0.25) is 0 Å². The van der Waals surface area contributed by atoms with Crippen LogP contribution < -0.4 is 5.11 Å². The van der Waals surface area contributed by atoms with E-state index >= 15 is 0 Å². The summed E-state index contributed by atoms with van der Waals surface area (Å²) >= 11 is 0. The number of likely N-dealkylation sites (N-methyl/N-ethyl adjacent to an activating group) is 1. The number of carbonyl (C=O) groups is 3. The molecule has 0 aliphatic rings. The summed E-state index contributed by atoms with van der Waals surface area (Å²) in [5.41, 5.74) is 0. The van der Waals surface area contributed by atoms with Gasteiger partial charge in [0.15, 0.2) is 12.4 Å². The summed E-state index contributed by atoms with van der Waals surface area (Å²) in [5, 5.41) is 11.8. The first kappa shape index (κ1) is 69.5. The highest BCUT2D eigenvalue weighted by molar-refractivity contribution is 5.70. The smallest absolute Gasteiger partial charge is 0.306 e. The van der Waals surface area contributed by atoms with Crippen LogP contribution in [0.1, 0.15) is 245 Å². The highest BCUT2D eigenvalue weighted by Crippen LogP contribution is 2.16. The Bertz CT molecular complexity index is 1470. The van der Waals surface area contributed by atoms with Crippen LogP contribution in [0.25, 0.3) is 0 Å². The number of ether oxygens (including phenoxy) is 4. The number of aliphatic carboxylic acids is 1. The lowest BCUT2D eigenvalue weighted by molar-refractivity contribution is -0.870. The van der Waals surface area contributed by atoms with Crippen LogP contribution in [0.15, 0.2) is 85.1 Å². The van der Waals surface area contributed by atoms with Crippen molar-refractivity contribution in [3.8, 4) is 0 Å². The fraction of sp³-hybridized carbons (Fsp3) is 0.734. The Kier molecular flexibility index (Phi) is 52.1. The molecule has 420 valence electrons. The summed E-state index contributed by atoms with van der Waals surface area (Å²) in [5.74, 6) is -2.29. The molecule has 0 bridgehead atoms. The molecule has 0 heterocycles. The van der Waals surface area contributed by atoms with E-state index < -0.39 is 24.3 Å². The topological polar surface area (TPSA) is 111 Å². The summed E-state index contributed by atoms with van der Waals surface area (Å²) < 4.78 is 22.7. The standard InChI is InChI=1S/C64H111NO8/c1-6-8-10-12-14-16-18-20-22-24-26-28-30-31-33-35-37-39-41-43-45-47-49-51-53-55-62(67)73-60(59-72-64(63(68)69)70-57-56-65(3,4)5)58-71-61(66)54-52-50-48-46-44-42-40-38-36-34-32-29-27-25-23-21-19-17-15-13-11-9-7-2/h8,10,14,16,19-22,25-28,31,33,60,64H,6-7,9,11-13,15,17-18,23-24,29-30,32,34-59H2,1-5H3/b10-8-,16-14-,21-19-,22-20-,27-25-,28-26-,33-31-. The summed E-state index contributed by atoms with van der Waals surface area (Å²) in [6.45, 7) is 4.62. The molecule has 9 nitrogen and oxygen atoms in total. The number of unbranched alkanes of at least 4 members (excludes halogenated alkanes) is 25. The molecule has 0 radical (unpaired) electrons. The molecule has 2 atom stereocenters. The molecule has 0 aliphatic carbocycles. The van der Waals surface area contributed by atoms with Gasteiger partial charge in [-0.25, -0.2) is 0 Å². The molecule has 0 saturated heterocycles. The number of allylic oxidation sites excluding steroid dienone is 14. The monoisotopic (exact) mass is 1020 g/mol. The van der Waals surface area contributed by atoms with Crippen LogP contribution in [-0.4, -0.2) is 82.3 Å². The Hall–Kier alpha value is -3.53. The van der Waals surface area contributed by atoms with E-state index in [2.05, 4.69) is 98.9 Å². The van der Waals surface area contributed by atoms with Crippen LogP contribution in [0.4, 0.5) is 0 Å². The molecule has 0 saturated carbocycles. The number of carboxylic acid groups (broad SMARTS) is 1. The maximum absolute atomic E-state index is 12.9. The van der Waals surface area contributed by atoms with E-state index in [0.29, 0.717) is 17.4 Å². The van der Waals surface area contributed by atoms with Crippen LogP contribution in [0, 0.1) is 0 Å². The average Bonchev–Trinajstić information content (AvgIpc) is 3.36. The maximum Gasteiger partial charge on any atom is 0.306 e. The Morgan fingerprint density at radius 3 is 1.16 bits per heavy atom. The predicted molar refractivity (Wildman–Crippen MR) is 306 cm³/mol. The summed E-state index contributed by atoms with van der Waals surface area (Å²) in [6, 6.07) is 0. The summed E-state index contributed by atoms with van der Waals surface area (Å²) in [7, 11) is 5.92. The summed E-state index contributed by atoms with van der Waals surface area (Å²) in [4.78, 5) is 37.3. The molecule has 0 aromatic rings. The lowest BCUT2D eigenvalue weighted by Crippen LogP contribution is -2.44. The van der Waals surface area contributed by atoms with E-state index in [1.165, 1.54) is 128 Å². The molecule has 2 unspecified atom stereocenters. The zero-order chi connectivity index (χ0) is 53.4. The second-order valence-corrected chi connectivity index (χ2v) is 20.9. The number of hydrogen-bond donors (Lipinski definition) is 0. The first-order valence-corrected chi connectivity index (χ1v) is 29.7. The van der Waals surface area contributed by atoms with Gasteiger partial charge >= 0.3 is 11.9 Å². The van der Waals surface area contributed by atoms with Crippen molar-refractivity contribution >= 4 is 17.9 Å². The highest BCUT2D eigenvalue weighted by Gasteiger charge is 2.22. The van der Waals surface area contributed by atoms with E-state index in [1.807, 2.05) is 21.1 Å². The zero-order valence-electron chi connectivity index (χ0n) is 47.7. The van der Waals surface area contributed by atoms with Crippen molar-refractivity contribution in [1.29, 1.82) is 0 Å². The molecule has 73 heavy (non-hydrogen) atoms.